The van der Waals surface area contributed by atoms with Crippen LogP contribution in [0.4, 0.5) is 0 Å². The Morgan fingerprint density at radius 1 is 1.14 bits per heavy atom. The van der Waals surface area contributed by atoms with E-state index in [1.165, 1.54) is 11.3 Å². The number of thiazole rings is 1. The number of hydrogen-bond donors (Lipinski definition) is 2. The molecule has 7 heteroatoms. The molecule has 3 aromatic rings. The summed E-state index contributed by atoms with van der Waals surface area (Å²) in [4.78, 5) is 6.47. The van der Waals surface area contributed by atoms with E-state index in [1.54, 1.807) is 12.1 Å². The third kappa shape index (κ3) is 3.78. The van der Waals surface area contributed by atoms with Crippen molar-refractivity contribution in [2.45, 2.75) is 6.42 Å². The third-order valence-electron chi connectivity index (χ3n) is 4.64. The van der Waals surface area contributed by atoms with Crippen LogP contribution in [0.1, 0.15) is 10.6 Å². The van der Waals surface area contributed by atoms with Crippen LogP contribution in [0.3, 0.4) is 0 Å². The Morgan fingerprint density at radius 3 is 2.68 bits per heavy atom. The normalized spacial score (nSPS) is 14.2. The first kappa shape index (κ1) is 19.0. The molecule has 4 rings (SSSR count). The SMILES string of the molecule is N=C1C(c2nc(-c3ccccc3)cs2)=C(O)CN1CCc1ccc(Cl)cc1Cl. The number of halogens is 2. The van der Waals surface area contributed by atoms with Crippen molar-refractivity contribution in [3.05, 3.63) is 80.3 Å². The van der Waals surface area contributed by atoms with Crippen LogP contribution in [0.5, 0.6) is 0 Å². The van der Waals surface area contributed by atoms with Gasteiger partial charge in [0.1, 0.15) is 16.6 Å². The zero-order valence-electron chi connectivity index (χ0n) is 14.8. The highest BCUT2D eigenvalue weighted by molar-refractivity contribution is 7.11. The monoisotopic (exact) mass is 429 g/mol. The lowest BCUT2D eigenvalue weighted by Gasteiger charge is -2.18. The standard InChI is InChI=1S/C21H17Cl2N3OS/c22-15-7-6-13(16(23)10-15)8-9-26-11-18(27)19(20(26)24)21-25-17(12-28-21)14-4-2-1-3-5-14/h1-7,10,12,24,27H,8-9,11H2. The van der Waals surface area contributed by atoms with Gasteiger partial charge in [-0.2, -0.15) is 0 Å². The molecule has 2 aromatic carbocycles. The van der Waals surface area contributed by atoms with E-state index in [-0.39, 0.29) is 11.6 Å². The van der Waals surface area contributed by atoms with Crippen LogP contribution in [-0.2, 0) is 6.42 Å². The van der Waals surface area contributed by atoms with Crippen molar-refractivity contribution < 1.29 is 5.11 Å². The number of amidine groups is 1. The zero-order chi connectivity index (χ0) is 19.7. The van der Waals surface area contributed by atoms with E-state index in [0.717, 1.165) is 16.8 Å². The van der Waals surface area contributed by atoms with Gasteiger partial charge in [0.05, 0.1) is 17.8 Å². The quantitative estimate of drug-likeness (QED) is 0.528. The van der Waals surface area contributed by atoms with Gasteiger partial charge >= 0.3 is 0 Å². The van der Waals surface area contributed by atoms with Crippen LogP contribution in [-0.4, -0.2) is 33.9 Å². The number of aromatic nitrogens is 1. The van der Waals surface area contributed by atoms with Gasteiger partial charge in [-0.1, -0.05) is 59.6 Å². The molecule has 1 aliphatic heterocycles. The molecule has 2 heterocycles. The van der Waals surface area contributed by atoms with E-state index >= 15 is 0 Å². The van der Waals surface area contributed by atoms with Crippen molar-refractivity contribution in [2.75, 3.05) is 13.1 Å². The van der Waals surface area contributed by atoms with E-state index in [2.05, 4.69) is 4.98 Å². The van der Waals surface area contributed by atoms with Gasteiger partial charge in [-0.15, -0.1) is 11.3 Å². The Hall–Kier alpha value is -2.34. The summed E-state index contributed by atoms with van der Waals surface area (Å²) >= 11 is 13.6. The molecule has 2 N–H and O–H groups in total. The smallest absolute Gasteiger partial charge is 0.135 e. The highest BCUT2D eigenvalue weighted by Crippen LogP contribution is 2.32. The summed E-state index contributed by atoms with van der Waals surface area (Å²) in [5.74, 6) is 0.470. The highest BCUT2D eigenvalue weighted by Gasteiger charge is 2.30. The number of hydrogen-bond acceptors (Lipinski definition) is 4. The van der Waals surface area contributed by atoms with E-state index in [9.17, 15) is 5.11 Å². The van der Waals surface area contributed by atoms with Crippen LogP contribution in [0, 0.1) is 5.41 Å². The van der Waals surface area contributed by atoms with E-state index < -0.39 is 0 Å². The maximum Gasteiger partial charge on any atom is 0.135 e. The van der Waals surface area contributed by atoms with Crippen molar-refractivity contribution in [3.63, 3.8) is 0 Å². The van der Waals surface area contributed by atoms with Gasteiger partial charge in [0.25, 0.3) is 0 Å². The molecule has 0 saturated carbocycles. The van der Waals surface area contributed by atoms with Gasteiger partial charge in [0.2, 0.25) is 0 Å². The lowest BCUT2D eigenvalue weighted by atomic mass is 10.1. The summed E-state index contributed by atoms with van der Waals surface area (Å²) < 4.78 is 0. The Bertz CT molecular complexity index is 1060. The molecule has 0 bridgehead atoms. The fourth-order valence-electron chi connectivity index (χ4n) is 3.16. The molecule has 4 nitrogen and oxygen atoms in total. The largest absolute Gasteiger partial charge is 0.510 e. The van der Waals surface area contributed by atoms with Crippen molar-refractivity contribution in [2.24, 2.45) is 0 Å². The Labute approximate surface area is 177 Å². The van der Waals surface area contributed by atoms with Gasteiger partial charge in [-0.05, 0) is 24.1 Å². The molecule has 1 aromatic heterocycles. The number of aliphatic hydroxyl groups excluding tert-OH is 1. The number of benzene rings is 2. The van der Waals surface area contributed by atoms with Crippen molar-refractivity contribution in [1.82, 2.24) is 9.88 Å². The van der Waals surface area contributed by atoms with E-state index in [1.807, 2.05) is 46.7 Å². The Balaban J connectivity index is 1.49. The maximum atomic E-state index is 10.5. The lowest BCUT2D eigenvalue weighted by Crippen LogP contribution is -2.28. The minimum atomic E-state index is 0.182. The molecule has 142 valence electrons. The fraction of sp³-hybridized carbons (Fsp3) is 0.143. The molecule has 0 atom stereocenters. The van der Waals surface area contributed by atoms with E-state index in [4.69, 9.17) is 28.6 Å². The molecule has 0 unspecified atom stereocenters. The average molecular weight is 430 g/mol. The summed E-state index contributed by atoms with van der Waals surface area (Å²) in [5.41, 5.74) is 3.34. The topological polar surface area (TPSA) is 60.2 Å². The lowest BCUT2D eigenvalue weighted by molar-refractivity contribution is 0.351. The number of nitrogens with one attached hydrogen (secondary N) is 1. The van der Waals surface area contributed by atoms with Crippen LogP contribution in [0.15, 0.2) is 59.7 Å². The molecule has 0 radical (unpaired) electrons. The predicted molar refractivity (Wildman–Crippen MR) is 117 cm³/mol. The minimum Gasteiger partial charge on any atom is -0.510 e. The number of aliphatic hydroxyl groups is 1. The Morgan fingerprint density at radius 2 is 1.93 bits per heavy atom. The van der Waals surface area contributed by atoms with Crippen LogP contribution >= 0.6 is 34.5 Å². The molecule has 0 aliphatic carbocycles. The van der Waals surface area contributed by atoms with Crippen molar-refractivity contribution in [1.29, 1.82) is 5.41 Å². The molecule has 28 heavy (non-hydrogen) atoms. The summed E-state index contributed by atoms with van der Waals surface area (Å²) in [6.45, 7) is 0.879. The molecule has 0 saturated heterocycles. The fourth-order valence-corrected chi connectivity index (χ4v) is 4.56. The van der Waals surface area contributed by atoms with Gasteiger partial charge in [0.15, 0.2) is 0 Å². The second-order valence-electron chi connectivity index (χ2n) is 6.48. The summed E-state index contributed by atoms with van der Waals surface area (Å²) in [7, 11) is 0. The number of nitrogens with zero attached hydrogens (tertiary/aromatic N) is 2. The van der Waals surface area contributed by atoms with Crippen LogP contribution < -0.4 is 0 Å². The minimum absolute atomic E-state index is 0.182. The molecular weight excluding hydrogens is 413 g/mol. The summed E-state index contributed by atoms with van der Waals surface area (Å²) in [5, 5.41) is 22.8. The van der Waals surface area contributed by atoms with E-state index in [0.29, 0.717) is 40.1 Å². The van der Waals surface area contributed by atoms with Crippen LogP contribution in [0.2, 0.25) is 10.0 Å². The Kier molecular flexibility index (Phi) is 5.40. The first-order valence-corrected chi connectivity index (χ1v) is 10.4. The first-order chi connectivity index (χ1) is 13.5. The third-order valence-corrected chi connectivity index (χ3v) is 6.08. The van der Waals surface area contributed by atoms with Crippen molar-refractivity contribution >= 4 is 45.9 Å². The zero-order valence-corrected chi connectivity index (χ0v) is 17.2. The molecular formula is C21H17Cl2N3OS. The average Bonchev–Trinajstić information content (AvgIpc) is 3.26. The maximum absolute atomic E-state index is 10.5. The number of rotatable bonds is 5. The second-order valence-corrected chi connectivity index (χ2v) is 8.18. The molecule has 1 aliphatic rings. The second kappa shape index (κ2) is 7.95. The van der Waals surface area contributed by atoms with Gasteiger partial charge in [-0.3, -0.25) is 5.41 Å². The highest BCUT2D eigenvalue weighted by atomic mass is 35.5. The van der Waals surface area contributed by atoms with Gasteiger partial charge in [-0.25, -0.2) is 4.98 Å². The molecule has 0 fully saturated rings. The van der Waals surface area contributed by atoms with Crippen molar-refractivity contribution in [3.8, 4) is 11.3 Å². The summed E-state index contributed by atoms with van der Waals surface area (Å²) in [6.07, 6.45) is 0.659. The summed E-state index contributed by atoms with van der Waals surface area (Å²) in [6, 6.07) is 15.3. The van der Waals surface area contributed by atoms with Gasteiger partial charge < -0.3 is 10.0 Å². The van der Waals surface area contributed by atoms with Gasteiger partial charge in [0, 0.05) is 27.5 Å². The first-order valence-electron chi connectivity index (χ1n) is 8.74. The molecule has 0 amide bonds. The van der Waals surface area contributed by atoms with Crippen LogP contribution in [0.25, 0.3) is 16.8 Å². The molecule has 0 spiro atoms. The predicted octanol–water partition coefficient (Wildman–Crippen LogP) is 5.92.